The first kappa shape index (κ1) is 13.7. The molecule has 0 fully saturated rings. The molecule has 0 unspecified atom stereocenters. The Kier molecular flexibility index (Phi) is 3.79. The van der Waals surface area contributed by atoms with Gasteiger partial charge in [-0.2, -0.15) is 0 Å². The van der Waals surface area contributed by atoms with Crippen molar-refractivity contribution in [2.45, 2.75) is 6.92 Å². The van der Waals surface area contributed by atoms with Gasteiger partial charge in [0.1, 0.15) is 5.75 Å². The summed E-state index contributed by atoms with van der Waals surface area (Å²) in [4.78, 5) is 10.9. The fraction of sp³-hybridized carbons (Fsp3) is 0.133. The molecule has 0 aromatic heterocycles. The van der Waals surface area contributed by atoms with Gasteiger partial charge in [0.15, 0.2) is 5.75 Å². The van der Waals surface area contributed by atoms with Gasteiger partial charge in [0.25, 0.3) is 0 Å². The first-order valence-corrected chi connectivity index (χ1v) is 6.03. The van der Waals surface area contributed by atoms with Crippen LogP contribution in [0, 0.1) is 0 Å². The summed E-state index contributed by atoms with van der Waals surface area (Å²) in [6, 6.07) is 10.7. The summed E-state index contributed by atoms with van der Waals surface area (Å²) in [6.45, 7) is 1.33. The molecule has 0 aliphatic rings. The van der Waals surface area contributed by atoms with Crippen LogP contribution in [-0.4, -0.2) is 13.1 Å². The molecule has 4 N–H and O–H groups in total. The van der Waals surface area contributed by atoms with Gasteiger partial charge in [-0.25, -0.2) is 0 Å². The van der Waals surface area contributed by atoms with Crippen LogP contribution in [0.4, 0.5) is 11.4 Å². The summed E-state index contributed by atoms with van der Waals surface area (Å²) in [7, 11) is 1.57. The Labute approximate surface area is 117 Å². The third-order valence-electron chi connectivity index (χ3n) is 2.83. The molecule has 2 aromatic rings. The topological polar surface area (TPSA) is 87.6 Å². The van der Waals surface area contributed by atoms with E-state index in [4.69, 9.17) is 20.9 Å². The fourth-order valence-electron chi connectivity index (χ4n) is 1.89. The van der Waals surface area contributed by atoms with Gasteiger partial charge in [0.05, 0.1) is 18.5 Å². The first-order valence-electron chi connectivity index (χ1n) is 6.03. The highest BCUT2D eigenvalue weighted by Crippen LogP contribution is 2.32. The van der Waals surface area contributed by atoms with Crippen molar-refractivity contribution in [1.29, 1.82) is 0 Å². The number of hydrogen-bond acceptors (Lipinski definition) is 5. The minimum Gasteiger partial charge on any atom is -0.495 e. The van der Waals surface area contributed by atoms with Crippen molar-refractivity contribution in [3.8, 4) is 22.6 Å². The smallest absolute Gasteiger partial charge is 0.308 e. The van der Waals surface area contributed by atoms with E-state index in [1.165, 1.54) is 6.92 Å². The normalized spacial score (nSPS) is 10.1. The predicted molar refractivity (Wildman–Crippen MR) is 78.6 cm³/mol. The maximum Gasteiger partial charge on any atom is 0.308 e. The van der Waals surface area contributed by atoms with E-state index in [1.807, 2.05) is 12.1 Å². The van der Waals surface area contributed by atoms with E-state index in [2.05, 4.69) is 0 Å². The number of hydrogen-bond donors (Lipinski definition) is 2. The summed E-state index contributed by atoms with van der Waals surface area (Å²) in [5.74, 6) is 0.569. The van der Waals surface area contributed by atoms with Gasteiger partial charge in [-0.1, -0.05) is 12.1 Å². The molecule has 20 heavy (non-hydrogen) atoms. The zero-order chi connectivity index (χ0) is 14.7. The molecule has 0 amide bonds. The second-order valence-corrected chi connectivity index (χ2v) is 4.30. The lowest BCUT2D eigenvalue weighted by Gasteiger charge is -2.10. The average Bonchev–Trinajstić information content (AvgIpc) is 2.40. The minimum atomic E-state index is -0.404. The average molecular weight is 272 g/mol. The molecule has 0 aliphatic heterocycles. The van der Waals surface area contributed by atoms with Crippen LogP contribution >= 0.6 is 0 Å². The second kappa shape index (κ2) is 5.52. The number of benzene rings is 2. The zero-order valence-corrected chi connectivity index (χ0v) is 11.3. The van der Waals surface area contributed by atoms with Gasteiger partial charge in [-0.05, 0) is 35.4 Å². The van der Waals surface area contributed by atoms with E-state index < -0.39 is 5.97 Å². The van der Waals surface area contributed by atoms with Gasteiger partial charge in [0.2, 0.25) is 0 Å². The Balaban J connectivity index is 2.36. The quantitative estimate of drug-likeness (QED) is 0.509. The lowest BCUT2D eigenvalue weighted by Crippen LogP contribution is -2.03. The number of anilines is 2. The van der Waals surface area contributed by atoms with Crippen LogP contribution in [0.25, 0.3) is 11.1 Å². The zero-order valence-electron chi connectivity index (χ0n) is 11.3. The van der Waals surface area contributed by atoms with Crippen molar-refractivity contribution in [3.05, 3.63) is 36.4 Å². The van der Waals surface area contributed by atoms with E-state index in [0.717, 1.165) is 11.1 Å². The molecule has 0 radical (unpaired) electrons. The van der Waals surface area contributed by atoms with Gasteiger partial charge in [-0.15, -0.1) is 0 Å². The molecule has 5 heteroatoms. The molecule has 104 valence electrons. The van der Waals surface area contributed by atoms with Gasteiger partial charge in [0, 0.05) is 6.92 Å². The standard InChI is InChI=1S/C15H16N2O3/c1-9(18)20-15-6-4-11(8-13(15)17)10-3-5-14(19-2)12(16)7-10/h3-8H,16-17H2,1-2H3. The molecule has 0 atom stereocenters. The van der Waals surface area contributed by atoms with E-state index in [9.17, 15) is 4.79 Å². The number of nitrogens with two attached hydrogens (primary N) is 2. The molecule has 0 aliphatic carbocycles. The number of carbonyl (C=O) groups is 1. The van der Waals surface area contributed by atoms with Crippen LogP contribution < -0.4 is 20.9 Å². The Hall–Kier alpha value is -2.69. The van der Waals surface area contributed by atoms with Crippen molar-refractivity contribution < 1.29 is 14.3 Å². The third kappa shape index (κ3) is 2.83. The summed E-state index contributed by atoms with van der Waals surface area (Å²) < 4.78 is 10.1. The maximum atomic E-state index is 10.9. The first-order chi connectivity index (χ1) is 9.51. The van der Waals surface area contributed by atoms with Crippen molar-refractivity contribution in [1.82, 2.24) is 0 Å². The highest BCUT2D eigenvalue weighted by molar-refractivity contribution is 5.77. The lowest BCUT2D eigenvalue weighted by molar-refractivity contribution is -0.131. The van der Waals surface area contributed by atoms with Gasteiger partial charge in [-0.3, -0.25) is 4.79 Å². The maximum absolute atomic E-state index is 10.9. The van der Waals surface area contributed by atoms with Crippen LogP contribution in [0.3, 0.4) is 0 Å². The third-order valence-corrected chi connectivity index (χ3v) is 2.83. The number of rotatable bonds is 3. The van der Waals surface area contributed by atoms with Crippen LogP contribution in [0.2, 0.25) is 0 Å². The van der Waals surface area contributed by atoms with Crippen LogP contribution in [-0.2, 0) is 4.79 Å². The van der Waals surface area contributed by atoms with Crippen molar-refractivity contribution in [2.24, 2.45) is 0 Å². The molecular formula is C15H16N2O3. The second-order valence-electron chi connectivity index (χ2n) is 4.30. The largest absolute Gasteiger partial charge is 0.495 e. The van der Waals surface area contributed by atoms with E-state index in [-0.39, 0.29) is 0 Å². The number of ether oxygens (including phenoxy) is 2. The summed E-state index contributed by atoms with van der Waals surface area (Å²) in [6.07, 6.45) is 0. The fourth-order valence-corrected chi connectivity index (χ4v) is 1.89. The monoisotopic (exact) mass is 272 g/mol. The number of methoxy groups -OCH3 is 1. The van der Waals surface area contributed by atoms with E-state index in [1.54, 1.807) is 31.4 Å². The molecule has 0 heterocycles. The summed E-state index contributed by atoms with van der Waals surface area (Å²) >= 11 is 0. The lowest BCUT2D eigenvalue weighted by atomic mass is 10.0. The molecule has 5 nitrogen and oxygen atoms in total. The molecule has 2 aromatic carbocycles. The Bertz CT molecular complexity index is 654. The van der Waals surface area contributed by atoms with Crippen molar-refractivity contribution in [3.63, 3.8) is 0 Å². The van der Waals surface area contributed by atoms with Crippen LogP contribution in [0.1, 0.15) is 6.92 Å². The summed E-state index contributed by atoms with van der Waals surface area (Å²) in [5, 5.41) is 0. The predicted octanol–water partition coefficient (Wildman–Crippen LogP) is 2.45. The minimum absolute atomic E-state index is 0.350. The number of nitrogen functional groups attached to an aromatic ring is 2. The Morgan fingerprint density at radius 1 is 0.950 bits per heavy atom. The van der Waals surface area contributed by atoms with Gasteiger partial charge < -0.3 is 20.9 Å². The highest BCUT2D eigenvalue weighted by atomic mass is 16.5. The molecule has 0 saturated heterocycles. The van der Waals surface area contributed by atoms with Gasteiger partial charge >= 0.3 is 5.97 Å². The molecule has 0 saturated carbocycles. The molecular weight excluding hydrogens is 256 g/mol. The van der Waals surface area contributed by atoms with Crippen molar-refractivity contribution >= 4 is 17.3 Å². The summed E-state index contributed by atoms with van der Waals surface area (Å²) in [5.41, 5.74) is 14.5. The SMILES string of the molecule is COc1ccc(-c2ccc(OC(C)=O)c(N)c2)cc1N. The number of carbonyl (C=O) groups excluding carboxylic acids is 1. The number of esters is 1. The Morgan fingerprint density at radius 3 is 1.85 bits per heavy atom. The van der Waals surface area contributed by atoms with E-state index in [0.29, 0.717) is 22.9 Å². The molecule has 0 bridgehead atoms. The Morgan fingerprint density at radius 2 is 1.45 bits per heavy atom. The molecule has 0 spiro atoms. The van der Waals surface area contributed by atoms with Crippen molar-refractivity contribution in [2.75, 3.05) is 18.6 Å². The molecule has 2 rings (SSSR count). The van der Waals surface area contributed by atoms with Crippen LogP contribution in [0.5, 0.6) is 11.5 Å². The highest BCUT2D eigenvalue weighted by Gasteiger charge is 2.07. The van der Waals surface area contributed by atoms with Crippen LogP contribution in [0.15, 0.2) is 36.4 Å². The van der Waals surface area contributed by atoms with E-state index >= 15 is 0 Å².